The molecule has 6 heteroatoms. The van der Waals surface area contributed by atoms with Crippen LogP contribution in [0.15, 0.2) is 4.52 Å². The lowest BCUT2D eigenvalue weighted by molar-refractivity contribution is 0.413. The highest BCUT2D eigenvalue weighted by Crippen LogP contribution is 2.39. The maximum Gasteiger partial charge on any atom is 0.262 e. The van der Waals surface area contributed by atoms with Crippen LogP contribution in [0.4, 0.5) is 5.00 Å². The normalized spacial score (nSPS) is 23.1. The Morgan fingerprint density at radius 2 is 2.26 bits per heavy atom. The molecule has 1 aliphatic rings. The van der Waals surface area contributed by atoms with Crippen LogP contribution in [-0.2, 0) is 0 Å². The molecule has 0 spiro atoms. The van der Waals surface area contributed by atoms with Crippen LogP contribution >= 0.6 is 11.5 Å². The summed E-state index contributed by atoms with van der Waals surface area (Å²) >= 11 is 1.27. The molecule has 3 rings (SSSR count). The highest BCUT2D eigenvalue weighted by atomic mass is 32.1. The molecule has 2 heterocycles. The van der Waals surface area contributed by atoms with Gasteiger partial charge in [0.2, 0.25) is 0 Å². The van der Waals surface area contributed by atoms with Gasteiger partial charge in [-0.1, -0.05) is 18.5 Å². The Balaban J connectivity index is 1.84. The molecule has 1 saturated carbocycles. The van der Waals surface area contributed by atoms with Crippen LogP contribution in [0, 0.1) is 12.8 Å². The number of aromatic nitrogens is 3. The molecule has 0 aromatic carbocycles. The SMILES string of the molecule is CCC1CCC(c2noc(-c3c(C)nsc3N)n2)C1. The van der Waals surface area contributed by atoms with Gasteiger partial charge in [0.05, 0.1) is 11.3 Å². The van der Waals surface area contributed by atoms with Crippen molar-refractivity contribution in [3.8, 4) is 11.5 Å². The average molecular weight is 278 g/mol. The minimum atomic E-state index is 0.440. The summed E-state index contributed by atoms with van der Waals surface area (Å²) in [6.07, 6.45) is 4.84. The van der Waals surface area contributed by atoms with Crippen molar-refractivity contribution in [3.05, 3.63) is 11.5 Å². The van der Waals surface area contributed by atoms with E-state index in [4.69, 9.17) is 10.3 Å². The zero-order chi connectivity index (χ0) is 13.4. The predicted octanol–water partition coefficient (Wildman–Crippen LogP) is 3.38. The van der Waals surface area contributed by atoms with Crippen LogP contribution in [0.1, 0.15) is 50.0 Å². The lowest BCUT2D eigenvalue weighted by Gasteiger charge is -2.04. The van der Waals surface area contributed by atoms with Crippen LogP contribution in [0.2, 0.25) is 0 Å². The summed E-state index contributed by atoms with van der Waals surface area (Å²) in [6.45, 7) is 4.16. The number of aryl methyl sites for hydroxylation is 1. The van der Waals surface area contributed by atoms with E-state index in [2.05, 4.69) is 21.4 Å². The highest BCUT2D eigenvalue weighted by Gasteiger charge is 2.29. The van der Waals surface area contributed by atoms with E-state index in [9.17, 15) is 0 Å². The molecule has 0 aliphatic heterocycles. The Morgan fingerprint density at radius 1 is 1.42 bits per heavy atom. The third-order valence-electron chi connectivity index (χ3n) is 4.03. The van der Waals surface area contributed by atoms with Gasteiger partial charge in [0, 0.05) is 5.92 Å². The molecule has 1 fully saturated rings. The van der Waals surface area contributed by atoms with E-state index in [1.54, 1.807) is 0 Å². The number of nitrogens with zero attached hydrogens (tertiary/aromatic N) is 3. The summed E-state index contributed by atoms with van der Waals surface area (Å²) < 4.78 is 9.59. The minimum absolute atomic E-state index is 0.440. The monoisotopic (exact) mass is 278 g/mol. The van der Waals surface area contributed by atoms with E-state index in [0.717, 1.165) is 29.4 Å². The third-order valence-corrected chi connectivity index (χ3v) is 4.79. The molecule has 0 amide bonds. The van der Waals surface area contributed by atoms with Crippen molar-refractivity contribution in [2.45, 2.75) is 45.4 Å². The second kappa shape index (κ2) is 4.92. The van der Waals surface area contributed by atoms with E-state index in [-0.39, 0.29) is 0 Å². The summed E-state index contributed by atoms with van der Waals surface area (Å²) in [6, 6.07) is 0. The van der Waals surface area contributed by atoms with Gasteiger partial charge in [-0.25, -0.2) is 0 Å². The lowest BCUT2D eigenvalue weighted by atomic mass is 10.0. The van der Waals surface area contributed by atoms with Crippen molar-refractivity contribution in [2.24, 2.45) is 5.92 Å². The molecule has 2 N–H and O–H groups in total. The first-order valence-electron chi connectivity index (χ1n) is 6.74. The van der Waals surface area contributed by atoms with Gasteiger partial charge in [0.25, 0.3) is 5.89 Å². The van der Waals surface area contributed by atoms with Crippen LogP contribution in [-0.4, -0.2) is 14.5 Å². The van der Waals surface area contributed by atoms with E-state index in [1.165, 1.54) is 30.8 Å². The van der Waals surface area contributed by atoms with Gasteiger partial charge >= 0.3 is 0 Å². The Hall–Kier alpha value is -1.43. The van der Waals surface area contributed by atoms with E-state index in [1.807, 2.05) is 6.92 Å². The Labute approximate surface area is 116 Å². The van der Waals surface area contributed by atoms with E-state index < -0.39 is 0 Å². The summed E-state index contributed by atoms with van der Waals surface area (Å²) in [4.78, 5) is 4.53. The van der Waals surface area contributed by atoms with E-state index in [0.29, 0.717) is 16.8 Å². The number of nitrogen functional groups attached to an aromatic ring is 1. The van der Waals surface area contributed by atoms with Gasteiger partial charge in [-0.05, 0) is 43.6 Å². The van der Waals surface area contributed by atoms with Crippen LogP contribution in [0.25, 0.3) is 11.5 Å². The molecule has 2 aromatic heterocycles. The maximum atomic E-state index is 5.91. The summed E-state index contributed by atoms with van der Waals surface area (Å²) in [5.74, 6) is 2.59. The second-order valence-electron chi connectivity index (χ2n) is 5.25. The molecule has 5 nitrogen and oxygen atoms in total. The quantitative estimate of drug-likeness (QED) is 0.931. The van der Waals surface area contributed by atoms with Crippen molar-refractivity contribution < 1.29 is 4.52 Å². The van der Waals surface area contributed by atoms with Gasteiger partial charge in [0.15, 0.2) is 5.82 Å². The predicted molar refractivity (Wildman–Crippen MR) is 74.9 cm³/mol. The van der Waals surface area contributed by atoms with Gasteiger partial charge in [-0.2, -0.15) is 9.36 Å². The first-order chi connectivity index (χ1) is 9.19. The standard InChI is InChI=1S/C13H18N4OS/c1-3-8-4-5-9(6-8)12-15-13(18-16-12)10-7(2)17-19-11(10)14/h8-9H,3-6,14H2,1-2H3. The molecule has 2 unspecified atom stereocenters. The van der Waals surface area contributed by atoms with Gasteiger partial charge < -0.3 is 10.3 Å². The fraction of sp³-hybridized carbons (Fsp3) is 0.615. The molecule has 0 radical (unpaired) electrons. The Kier molecular flexibility index (Phi) is 3.26. The molecule has 19 heavy (non-hydrogen) atoms. The topological polar surface area (TPSA) is 77.8 Å². The number of hydrogen-bond donors (Lipinski definition) is 1. The average Bonchev–Trinajstić information content (AvgIpc) is 3.09. The molecular formula is C13H18N4OS. The largest absolute Gasteiger partial charge is 0.389 e. The smallest absolute Gasteiger partial charge is 0.262 e. The fourth-order valence-corrected chi connectivity index (χ4v) is 3.48. The zero-order valence-corrected chi connectivity index (χ0v) is 12.0. The lowest BCUT2D eigenvalue weighted by Crippen LogP contribution is -1.97. The highest BCUT2D eigenvalue weighted by molar-refractivity contribution is 7.10. The Morgan fingerprint density at radius 3 is 2.89 bits per heavy atom. The minimum Gasteiger partial charge on any atom is -0.389 e. The number of nitrogens with two attached hydrogens (primary N) is 1. The van der Waals surface area contributed by atoms with Gasteiger partial charge in [0.1, 0.15) is 5.00 Å². The van der Waals surface area contributed by atoms with E-state index >= 15 is 0 Å². The zero-order valence-electron chi connectivity index (χ0n) is 11.2. The van der Waals surface area contributed by atoms with Crippen LogP contribution in [0.5, 0.6) is 0 Å². The first-order valence-corrected chi connectivity index (χ1v) is 7.52. The van der Waals surface area contributed by atoms with Crippen molar-refractivity contribution in [3.63, 3.8) is 0 Å². The number of hydrogen-bond acceptors (Lipinski definition) is 6. The summed E-state index contributed by atoms with van der Waals surface area (Å²) in [5, 5.41) is 4.78. The molecule has 0 saturated heterocycles. The van der Waals surface area contributed by atoms with Gasteiger partial charge in [-0.3, -0.25) is 0 Å². The second-order valence-corrected chi connectivity index (χ2v) is 6.05. The Bertz CT molecular complexity index is 557. The summed E-state index contributed by atoms with van der Waals surface area (Å²) in [7, 11) is 0. The van der Waals surface area contributed by atoms with Crippen molar-refractivity contribution in [1.82, 2.24) is 14.5 Å². The van der Waals surface area contributed by atoms with Gasteiger partial charge in [-0.15, -0.1) is 0 Å². The first kappa shape index (κ1) is 12.6. The molecule has 2 aromatic rings. The van der Waals surface area contributed by atoms with Crippen LogP contribution in [0.3, 0.4) is 0 Å². The summed E-state index contributed by atoms with van der Waals surface area (Å²) in [5.41, 5.74) is 7.56. The molecule has 2 atom stereocenters. The molecular weight excluding hydrogens is 260 g/mol. The molecule has 1 aliphatic carbocycles. The number of rotatable bonds is 3. The van der Waals surface area contributed by atoms with Crippen LogP contribution < -0.4 is 5.73 Å². The maximum absolute atomic E-state index is 5.91. The van der Waals surface area contributed by atoms with Crippen molar-refractivity contribution in [1.29, 1.82) is 0 Å². The fourth-order valence-electron chi connectivity index (χ4n) is 2.83. The van der Waals surface area contributed by atoms with Crippen molar-refractivity contribution in [2.75, 3.05) is 5.73 Å². The molecule has 102 valence electrons. The van der Waals surface area contributed by atoms with Crippen molar-refractivity contribution >= 4 is 16.5 Å². The molecule has 0 bridgehead atoms. The number of anilines is 1. The third kappa shape index (κ3) is 2.25.